The Morgan fingerprint density at radius 3 is 2.61 bits per heavy atom. The minimum Gasteiger partial charge on any atom is -0.372 e. The molecule has 0 aromatic heterocycles. The Morgan fingerprint density at radius 2 is 1.97 bits per heavy atom. The summed E-state index contributed by atoms with van der Waals surface area (Å²) in [5, 5.41) is 9.56. The summed E-state index contributed by atoms with van der Waals surface area (Å²) in [4.78, 5) is 33.1. The predicted octanol–water partition coefficient (Wildman–Crippen LogP) is 3.63. The van der Waals surface area contributed by atoms with Crippen LogP contribution in [0, 0.1) is 0 Å². The molecule has 0 aliphatic carbocycles. The lowest BCUT2D eigenvalue weighted by atomic mass is 9.99. The number of imide groups is 1. The van der Waals surface area contributed by atoms with Crippen LogP contribution in [0.1, 0.15) is 65.0 Å². The minimum atomic E-state index is -0.782. The van der Waals surface area contributed by atoms with E-state index in [1.165, 1.54) is 29.0 Å². The Hall–Kier alpha value is -2.04. The van der Waals surface area contributed by atoms with Crippen molar-refractivity contribution in [3.05, 3.63) is 29.8 Å². The molecule has 2 heterocycles. The Balaban J connectivity index is 0.00000385. The molecule has 2 fully saturated rings. The molecule has 184 valence electrons. The lowest BCUT2D eigenvalue weighted by Gasteiger charge is -2.22. The van der Waals surface area contributed by atoms with Crippen LogP contribution in [-0.4, -0.2) is 61.1 Å². The van der Waals surface area contributed by atoms with Crippen molar-refractivity contribution in [1.29, 1.82) is 0 Å². The van der Waals surface area contributed by atoms with Crippen molar-refractivity contribution in [1.82, 2.24) is 20.9 Å². The average molecular weight is 571 g/mol. The first kappa shape index (κ1) is 27.2. The summed E-state index contributed by atoms with van der Waals surface area (Å²) < 4.78 is 0. The lowest BCUT2D eigenvalue weighted by Crippen LogP contribution is -2.43. The normalized spacial score (nSPS) is 21.6. The van der Waals surface area contributed by atoms with E-state index in [2.05, 4.69) is 57.0 Å². The van der Waals surface area contributed by atoms with E-state index in [1.54, 1.807) is 6.92 Å². The van der Waals surface area contributed by atoms with Crippen LogP contribution in [0.2, 0.25) is 0 Å². The molecule has 2 aliphatic rings. The number of carbonyl (C=O) groups is 2. The molecule has 8 nitrogen and oxygen atoms in total. The van der Waals surface area contributed by atoms with Crippen LogP contribution in [0.25, 0.3) is 0 Å². The number of nitrogens with zero attached hydrogens (tertiary/aromatic N) is 3. The van der Waals surface area contributed by atoms with E-state index in [0.717, 1.165) is 25.6 Å². The number of guanidine groups is 1. The molecule has 1 aromatic rings. The number of amides is 3. The van der Waals surface area contributed by atoms with Crippen LogP contribution in [0.4, 0.5) is 10.5 Å². The van der Waals surface area contributed by atoms with Gasteiger partial charge in [-0.2, -0.15) is 0 Å². The highest BCUT2D eigenvalue weighted by molar-refractivity contribution is 14.0. The van der Waals surface area contributed by atoms with Gasteiger partial charge >= 0.3 is 6.03 Å². The zero-order chi connectivity index (χ0) is 23.1. The van der Waals surface area contributed by atoms with E-state index in [0.29, 0.717) is 25.9 Å². The van der Waals surface area contributed by atoms with Gasteiger partial charge in [-0.3, -0.25) is 14.7 Å². The standard InChI is InChI=1S/C24H38N6O2.HI/c1-5-24(4)21(31)30(23(32)28-24)16-10-13-26-22(25-6-2)27-18(3)19-11-9-12-20(17-19)29-14-7-8-15-29;/h9,11-12,17-18H,5-8,10,13-16H2,1-4H3,(H,28,32)(H2,25,26,27);1H. The summed E-state index contributed by atoms with van der Waals surface area (Å²) in [5.74, 6) is 0.590. The molecule has 33 heavy (non-hydrogen) atoms. The Kier molecular flexibility index (Phi) is 10.2. The summed E-state index contributed by atoms with van der Waals surface area (Å²) in [5.41, 5.74) is 1.72. The van der Waals surface area contributed by atoms with Crippen molar-refractivity contribution in [2.24, 2.45) is 4.99 Å². The monoisotopic (exact) mass is 570 g/mol. The van der Waals surface area contributed by atoms with Gasteiger partial charge in [0.2, 0.25) is 0 Å². The summed E-state index contributed by atoms with van der Waals surface area (Å²) in [6.45, 7) is 11.8. The molecule has 9 heteroatoms. The number of nitrogens with one attached hydrogen (secondary N) is 3. The average Bonchev–Trinajstić information content (AvgIpc) is 3.40. The van der Waals surface area contributed by atoms with Gasteiger partial charge in [0.25, 0.3) is 5.91 Å². The highest BCUT2D eigenvalue weighted by Gasteiger charge is 2.45. The van der Waals surface area contributed by atoms with E-state index in [9.17, 15) is 9.59 Å². The van der Waals surface area contributed by atoms with Crippen LogP contribution in [0.3, 0.4) is 0 Å². The molecule has 0 bridgehead atoms. The molecule has 0 saturated carbocycles. The van der Waals surface area contributed by atoms with Gasteiger partial charge < -0.3 is 20.9 Å². The van der Waals surface area contributed by atoms with Crippen molar-refractivity contribution >= 4 is 47.6 Å². The maximum absolute atomic E-state index is 12.5. The lowest BCUT2D eigenvalue weighted by molar-refractivity contribution is -0.130. The SMILES string of the molecule is CCNC(=NCCCN1C(=O)NC(C)(CC)C1=O)NC(C)c1cccc(N2CCCC2)c1.I. The third-order valence-corrected chi connectivity index (χ3v) is 6.40. The van der Waals surface area contributed by atoms with E-state index in [-0.39, 0.29) is 42.0 Å². The largest absolute Gasteiger partial charge is 0.372 e. The van der Waals surface area contributed by atoms with Gasteiger partial charge in [0.1, 0.15) is 5.54 Å². The van der Waals surface area contributed by atoms with Crippen LogP contribution in [0.5, 0.6) is 0 Å². The first-order valence-electron chi connectivity index (χ1n) is 11.9. The minimum absolute atomic E-state index is 0. The fourth-order valence-electron chi connectivity index (χ4n) is 4.18. The van der Waals surface area contributed by atoms with Gasteiger partial charge in [-0.05, 0) is 64.2 Å². The Bertz CT molecular complexity index is 842. The van der Waals surface area contributed by atoms with Crippen LogP contribution in [0.15, 0.2) is 29.3 Å². The highest BCUT2D eigenvalue weighted by Crippen LogP contribution is 2.24. The summed E-state index contributed by atoms with van der Waals surface area (Å²) in [7, 11) is 0. The molecule has 2 atom stereocenters. The summed E-state index contributed by atoms with van der Waals surface area (Å²) >= 11 is 0. The van der Waals surface area contributed by atoms with E-state index in [4.69, 9.17) is 0 Å². The molecule has 3 N–H and O–H groups in total. The Labute approximate surface area is 215 Å². The van der Waals surface area contributed by atoms with Crippen molar-refractivity contribution in [3.8, 4) is 0 Å². The predicted molar refractivity (Wildman–Crippen MR) is 144 cm³/mol. The topological polar surface area (TPSA) is 89.1 Å². The number of hydrogen-bond donors (Lipinski definition) is 3. The van der Waals surface area contributed by atoms with Gasteiger partial charge in [-0.1, -0.05) is 19.1 Å². The molecule has 1 aromatic carbocycles. The molecule has 2 aliphatic heterocycles. The number of benzene rings is 1. The third-order valence-electron chi connectivity index (χ3n) is 6.40. The fourth-order valence-corrected chi connectivity index (χ4v) is 4.18. The third kappa shape index (κ3) is 6.74. The first-order chi connectivity index (χ1) is 15.4. The highest BCUT2D eigenvalue weighted by atomic mass is 127. The second-order valence-corrected chi connectivity index (χ2v) is 8.84. The first-order valence-corrected chi connectivity index (χ1v) is 11.9. The maximum Gasteiger partial charge on any atom is 0.325 e. The van der Waals surface area contributed by atoms with Gasteiger partial charge in [-0.25, -0.2) is 4.79 Å². The number of carbonyl (C=O) groups excluding carboxylic acids is 2. The van der Waals surface area contributed by atoms with Crippen molar-refractivity contribution in [2.75, 3.05) is 37.6 Å². The van der Waals surface area contributed by atoms with Gasteiger partial charge in [0.05, 0.1) is 6.04 Å². The number of halogens is 1. The molecule has 0 radical (unpaired) electrons. The smallest absolute Gasteiger partial charge is 0.325 e. The number of aliphatic imine (C=N–C) groups is 1. The molecular weight excluding hydrogens is 531 g/mol. The van der Waals surface area contributed by atoms with Gasteiger partial charge in [0, 0.05) is 38.4 Å². The second-order valence-electron chi connectivity index (χ2n) is 8.84. The number of rotatable bonds is 9. The number of anilines is 1. The fraction of sp³-hybridized carbons (Fsp3) is 0.625. The zero-order valence-electron chi connectivity index (χ0n) is 20.3. The van der Waals surface area contributed by atoms with Gasteiger partial charge in [0.15, 0.2) is 5.96 Å². The number of urea groups is 1. The van der Waals surface area contributed by atoms with E-state index < -0.39 is 5.54 Å². The van der Waals surface area contributed by atoms with E-state index in [1.807, 2.05) is 13.8 Å². The van der Waals surface area contributed by atoms with Crippen LogP contribution >= 0.6 is 24.0 Å². The van der Waals surface area contributed by atoms with E-state index >= 15 is 0 Å². The van der Waals surface area contributed by atoms with Crippen LogP contribution in [-0.2, 0) is 4.79 Å². The molecule has 0 spiro atoms. The van der Waals surface area contributed by atoms with Gasteiger partial charge in [-0.15, -0.1) is 24.0 Å². The maximum atomic E-state index is 12.5. The molecular formula is C24H39IN6O2. The Morgan fingerprint density at radius 1 is 1.24 bits per heavy atom. The molecule has 2 unspecified atom stereocenters. The van der Waals surface area contributed by atoms with Crippen molar-refractivity contribution < 1.29 is 9.59 Å². The quantitative estimate of drug-likeness (QED) is 0.139. The molecule has 2 saturated heterocycles. The zero-order valence-corrected chi connectivity index (χ0v) is 22.6. The van der Waals surface area contributed by atoms with Crippen LogP contribution < -0.4 is 20.9 Å². The summed E-state index contributed by atoms with van der Waals surface area (Å²) in [6.07, 6.45) is 3.72. The second kappa shape index (κ2) is 12.4. The summed E-state index contributed by atoms with van der Waals surface area (Å²) in [6, 6.07) is 8.50. The molecule has 3 rings (SSSR count). The van der Waals surface area contributed by atoms with Crippen molar-refractivity contribution in [3.63, 3.8) is 0 Å². The van der Waals surface area contributed by atoms with Crippen molar-refractivity contribution in [2.45, 2.75) is 65.0 Å². The number of hydrogen-bond acceptors (Lipinski definition) is 4. The molecule has 3 amide bonds.